The number of anilines is 1. The van der Waals surface area contributed by atoms with Gasteiger partial charge in [0.25, 0.3) is 0 Å². The molecule has 47 heavy (non-hydrogen) atoms. The molecule has 5 rings (SSSR count). The van der Waals surface area contributed by atoms with E-state index in [1.807, 2.05) is 48.5 Å². The molecule has 3 unspecified atom stereocenters. The van der Waals surface area contributed by atoms with Crippen LogP contribution in [-0.4, -0.2) is 59.3 Å². The van der Waals surface area contributed by atoms with E-state index < -0.39 is 12.2 Å². The standard InChI is InChI=1S/C33H38N6O7S/c40-20-22-7-9-23(10-8-22)29-19-28(21-47-33-35-37-38-39(33)26-15-17-27(41)18-16-26)45-32(46-29)24-11-13-25(14-12-24)34-30(42)5-3-1-2-4-6-31(43)36-44/h7-18,28-29,32,40-41,44H,1-6,19-21H2,(H,34,42)(H,36,43). The molecule has 1 aromatic heterocycles. The van der Waals surface area contributed by atoms with Crippen LogP contribution < -0.4 is 10.8 Å². The van der Waals surface area contributed by atoms with Crippen molar-refractivity contribution >= 4 is 29.3 Å². The maximum absolute atomic E-state index is 12.5. The number of aliphatic hydroxyl groups is 1. The van der Waals surface area contributed by atoms with Gasteiger partial charge in [0, 0.05) is 36.3 Å². The van der Waals surface area contributed by atoms with Gasteiger partial charge in [-0.1, -0.05) is 61.0 Å². The molecule has 2 heterocycles. The number of carbonyl (C=O) groups excluding carboxylic acids is 2. The van der Waals surface area contributed by atoms with Gasteiger partial charge in [-0.15, -0.1) is 5.10 Å². The maximum atomic E-state index is 12.5. The lowest BCUT2D eigenvalue weighted by atomic mass is 10.0. The van der Waals surface area contributed by atoms with Gasteiger partial charge in [-0.05, 0) is 70.8 Å². The second-order valence-electron chi connectivity index (χ2n) is 11.2. The topological polar surface area (TPSA) is 181 Å². The largest absolute Gasteiger partial charge is 0.508 e. The van der Waals surface area contributed by atoms with Crippen LogP contribution in [0, 0.1) is 0 Å². The molecule has 5 N–H and O–H groups in total. The summed E-state index contributed by atoms with van der Waals surface area (Å²) in [6.07, 6.45) is 3.06. The van der Waals surface area contributed by atoms with Gasteiger partial charge in [0.05, 0.1) is 24.5 Å². The van der Waals surface area contributed by atoms with Crippen LogP contribution in [0.3, 0.4) is 0 Å². The number of nitrogens with one attached hydrogen (secondary N) is 2. The Kier molecular flexibility index (Phi) is 12.3. The SMILES string of the molecule is O=C(CCCCCCC(=O)Nc1ccc(C2OC(CSc3nnnn3-c3ccc(O)cc3)CC(c3ccc(CO)cc3)O2)cc1)NO. The summed E-state index contributed by atoms with van der Waals surface area (Å²) < 4.78 is 14.5. The number of phenols is 1. The molecule has 0 bridgehead atoms. The Bertz CT molecular complexity index is 1580. The molecule has 3 aromatic carbocycles. The lowest BCUT2D eigenvalue weighted by Gasteiger charge is -2.36. The quantitative estimate of drug-likeness (QED) is 0.0501. The van der Waals surface area contributed by atoms with Crippen molar-refractivity contribution in [3.63, 3.8) is 0 Å². The molecule has 14 heteroatoms. The van der Waals surface area contributed by atoms with E-state index in [0.29, 0.717) is 42.3 Å². The summed E-state index contributed by atoms with van der Waals surface area (Å²) in [5, 5.41) is 43.3. The molecule has 13 nitrogen and oxygen atoms in total. The summed E-state index contributed by atoms with van der Waals surface area (Å²) in [7, 11) is 0. The smallest absolute Gasteiger partial charge is 0.243 e. The summed E-state index contributed by atoms with van der Waals surface area (Å²) in [5.41, 5.74) is 5.60. The zero-order valence-electron chi connectivity index (χ0n) is 25.7. The molecule has 1 aliphatic rings. The number of hydroxylamine groups is 1. The fourth-order valence-corrected chi connectivity index (χ4v) is 6.05. The van der Waals surface area contributed by atoms with Crippen LogP contribution in [0.2, 0.25) is 0 Å². The Hall–Kier alpha value is -4.34. The van der Waals surface area contributed by atoms with E-state index in [0.717, 1.165) is 35.2 Å². The zero-order chi connectivity index (χ0) is 33.0. The number of rotatable bonds is 15. The summed E-state index contributed by atoms with van der Waals surface area (Å²) >= 11 is 1.46. The summed E-state index contributed by atoms with van der Waals surface area (Å²) in [4.78, 5) is 23.5. The number of unbranched alkanes of at least 4 members (excludes halogenated alkanes) is 3. The van der Waals surface area contributed by atoms with Gasteiger partial charge in [0.2, 0.25) is 17.0 Å². The first kappa shape index (κ1) is 34.0. The van der Waals surface area contributed by atoms with Gasteiger partial charge in [0.15, 0.2) is 6.29 Å². The van der Waals surface area contributed by atoms with E-state index in [2.05, 4.69) is 20.8 Å². The maximum Gasteiger partial charge on any atom is 0.243 e. The van der Waals surface area contributed by atoms with Crippen molar-refractivity contribution in [2.75, 3.05) is 11.1 Å². The van der Waals surface area contributed by atoms with Gasteiger partial charge < -0.3 is 25.0 Å². The number of phenolic OH excluding ortho intramolecular Hbond substituents is 1. The molecule has 1 saturated heterocycles. The molecule has 1 fully saturated rings. The fraction of sp³-hybridized carbons (Fsp3) is 0.364. The molecular weight excluding hydrogens is 624 g/mol. The van der Waals surface area contributed by atoms with Gasteiger partial charge >= 0.3 is 0 Å². The van der Waals surface area contributed by atoms with E-state index in [-0.39, 0.29) is 36.9 Å². The number of amides is 2. The molecule has 4 aromatic rings. The number of tetrazole rings is 1. The third-order valence-electron chi connectivity index (χ3n) is 7.70. The highest BCUT2D eigenvalue weighted by Gasteiger charge is 2.32. The number of hydrogen-bond donors (Lipinski definition) is 5. The van der Waals surface area contributed by atoms with E-state index in [4.69, 9.17) is 14.7 Å². The van der Waals surface area contributed by atoms with Gasteiger partial charge in [-0.3, -0.25) is 14.8 Å². The second-order valence-corrected chi connectivity index (χ2v) is 12.2. The minimum Gasteiger partial charge on any atom is -0.508 e. The van der Waals surface area contributed by atoms with E-state index >= 15 is 0 Å². The highest BCUT2D eigenvalue weighted by atomic mass is 32.2. The van der Waals surface area contributed by atoms with E-state index in [1.54, 1.807) is 34.4 Å². The molecule has 3 atom stereocenters. The number of benzene rings is 3. The van der Waals surface area contributed by atoms with Crippen LogP contribution in [0.15, 0.2) is 78.0 Å². The fourth-order valence-electron chi connectivity index (χ4n) is 5.14. The van der Waals surface area contributed by atoms with Crippen LogP contribution in [0.1, 0.15) is 74.0 Å². The predicted molar refractivity (Wildman–Crippen MR) is 173 cm³/mol. The molecule has 2 amide bonds. The van der Waals surface area contributed by atoms with Crippen molar-refractivity contribution in [2.45, 2.75) is 75.2 Å². The van der Waals surface area contributed by atoms with Gasteiger partial charge in [0.1, 0.15) is 5.75 Å². The van der Waals surface area contributed by atoms with Gasteiger partial charge in [-0.25, -0.2) is 5.48 Å². The molecule has 0 aliphatic carbocycles. The number of aromatic hydroxyl groups is 1. The van der Waals surface area contributed by atoms with E-state index in [9.17, 15) is 19.8 Å². The van der Waals surface area contributed by atoms with Crippen LogP contribution in [0.25, 0.3) is 5.69 Å². The number of aliphatic hydroxyl groups excluding tert-OH is 1. The first-order valence-corrected chi connectivity index (χ1v) is 16.4. The highest BCUT2D eigenvalue weighted by Crippen LogP contribution is 2.39. The van der Waals surface area contributed by atoms with Crippen molar-refractivity contribution in [3.05, 3.63) is 89.5 Å². The highest BCUT2D eigenvalue weighted by molar-refractivity contribution is 7.99. The lowest BCUT2D eigenvalue weighted by molar-refractivity contribution is -0.245. The first-order chi connectivity index (χ1) is 22.9. The van der Waals surface area contributed by atoms with Crippen molar-refractivity contribution in [1.29, 1.82) is 0 Å². The third-order valence-corrected chi connectivity index (χ3v) is 8.75. The second kappa shape index (κ2) is 17.0. The van der Waals surface area contributed by atoms with Crippen LogP contribution in [0.4, 0.5) is 5.69 Å². The van der Waals surface area contributed by atoms with Crippen molar-refractivity contribution in [1.82, 2.24) is 25.7 Å². The minimum absolute atomic E-state index is 0.0407. The van der Waals surface area contributed by atoms with Crippen molar-refractivity contribution in [3.8, 4) is 11.4 Å². The average molecular weight is 663 g/mol. The first-order valence-electron chi connectivity index (χ1n) is 15.5. The Morgan fingerprint density at radius 2 is 1.55 bits per heavy atom. The number of hydrogen-bond acceptors (Lipinski definition) is 11. The van der Waals surface area contributed by atoms with Gasteiger partial charge in [-0.2, -0.15) is 4.68 Å². The lowest BCUT2D eigenvalue weighted by Crippen LogP contribution is -2.31. The van der Waals surface area contributed by atoms with Crippen LogP contribution in [0.5, 0.6) is 5.75 Å². The molecular formula is C33H38N6O7S. The Labute approximate surface area is 276 Å². The number of thioether (sulfide) groups is 1. The zero-order valence-corrected chi connectivity index (χ0v) is 26.5. The number of ether oxygens (including phenoxy) is 2. The van der Waals surface area contributed by atoms with Crippen molar-refractivity contribution in [2.24, 2.45) is 0 Å². The molecule has 0 radical (unpaired) electrons. The number of nitrogens with zero attached hydrogens (tertiary/aromatic N) is 4. The van der Waals surface area contributed by atoms with E-state index in [1.165, 1.54) is 11.8 Å². The molecule has 0 spiro atoms. The average Bonchev–Trinajstić information content (AvgIpc) is 3.58. The predicted octanol–water partition coefficient (Wildman–Crippen LogP) is 4.98. The normalized spacial score (nSPS) is 17.7. The number of carbonyl (C=O) groups is 2. The van der Waals surface area contributed by atoms with Crippen LogP contribution >= 0.6 is 11.8 Å². The summed E-state index contributed by atoms with van der Waals surface area (Å²) in [6, 6.07) is 21.7. The van der Waals surface area contributed by atoms with Crippen LogP contribution in [-0.2, 0) is 25.7 Å². The Morgan fingerprint density at radius 1 is 0.872 bits per heavy atom. The Balaban J connectivity index is 1.21. The minimum atomic E-state index is -0.664. The summed E-state index contributed by atoms with van der Waals surface area (Å²) in [6.45, 7) is -0.0407. The monoisotopic (exact) mass is 662 g/mol. The number of aromatic nitrogens is 4. The molecule has 248 valence electrons. The third kappa shape index (κ3) is 9.83. The Morgan fingerprint density at radius 3 is 2.23 bits per heavy atom. The summed E-state index contributed by atoms with van der Waals surface area (Å²) in [5.74, 6) is 0.213. The van der Waals surface area contributed by atoms with Crippen molar-refractivity contribution < 1.29 is 34.5 Å². The molecule has 1 aliphatic heterocycles. The molecule has 0 saturated carbocycles.